The number of nitrogens with one attached hydrogen (secondary N) is 2. The monoisotopic (exact) mass is 1190 g/mol. The molecule has 5 aliphatic rings. The molecular formula is C64H96BBrN12O4. The van der Waals surface area contributed by atoms with E-state index < -0.39 is 0 Å². The number of aliphatic hydroxyl groups is 2. The van der Waals surface area contributed by atoms with Gasteiger partial charge in [0.25, 0.3) is 0 Å². The Morgan fingerprint density at radius 1 is 0.622 bits per heavy atom. The Morgan fingerprint density at radius 3 is 1.57 bits per heavy atom. The number of nitrogens with zero attached hydrogens (tertiary/aromatic N) is 10. The van der Waals surface area contributed by atoms with Gasteiger partial charge in [-0.05, 0) is 164 Å². The Hall–Kier alpha value is -4.50. The first-order chi connectivity index (χ1) is 39.3. The molecule has 7 heterocycles. The summed E-state index contributed by atoms with van der Waals surface area (Å²) in [4.78, 5) is 28.8. The van der Waals surface area contributed by atoms with Crippen LogP contribution in [0.15, 0.2) is 77.8 Å². The van der Waals surface area contributed by atoms with Crippen LogP contribution in [0.1, 0.15) is 156 Å². The summed E-state index contributed by atoms with van der Waals surface area (Å²) in [6, 6.07) is 19.1. The fraction of sp³-hybridized carbons (Fsp3) is 0.625. The Labute approximate surface area is 498 Å². The van der Waals surface area contributed by atoms with Gasteiger partial charge in [0.05, 0.1) is 28.8 Å². The van der Waals surface area contributed by atoms with E-state index in [9.17, 15) is 10.2 Å². The van der Waals surface area contributed by atoms with Crippen LogP contribution in [0.25, 0.3) is 33.2 Å². The number of rotatable bonds is 16. The van der Waals surface area contributed by atoms with Crippen molar-refractivity contribution in [3.05, 3.63) is 88.9 Å². The van der Waals surface area contributed by atoms with Gasteiger partial charge in [-0.25, -0.2) is 9.97 Å². The molecule has 0 radical (unpaired) electrons. The first-order valence-electron chi connectivity index (χ1n) is 31.0. The fourth-order valence-corrected chi connectivity index (χ4v) is 12.8. The smallest absolute Gasteiger partial charge is 0.399 e. The molecule has 0 bridgehead atoms. The lowest BCUT2D eigenvalue weighted by Gasteiger charge is -2.32. The summed E-state index contributed by atoms with van der Waals surface area (Å²) in [5.41, 5.74) is 7.63. The van der Waals surface area contributed by atoms with Gasteiger partial charge in [0.15, 0.2) is 0 Å². The van der Waals surface area contributed by atoms with E-state index in [-0.39, 0.29) is 30.5 Å². The van der Waals surface area contributed by atoms with Gasteiger partial charge in [0.2, 0.25) is 11.9 Å². The molecule has 0 amide bonds. The van der Waals surface area contributed by atoms with Crippen LogP contribution in [0.2, 0.25) is 0 Å². The third kappa shape index (κ3) is 15.9. The predicted octanol–water partition coefficient (Wildman–Crippen LogP) is 10.9. The Bertz CT molecular complexity index is 2960. The van der Waals surface area contributed by atoms with Crippen molar-refractivity contribution in [2.75, 3.05) is 77.1 Å². The summed E-state index contributed by atoms with van der Waals surface area (Å²) in [5.74, 6) is 1.40. The second-order valence-electron chi connectivity index (χ2n) is 25.5. The highest BCUT2D eigenvalue weighted by atomic mass is 79.9. The summed E-state index contributed by atoms with van der Waals surface area (Å²) in [6.07, 6.45) is 19.8. The average molecular weight is 1190 g/mol. The predicted molar refractivity (Wildman–Crippen MR) is 339 cm³/mol. The van der Waals surface area contributed by atoms with Crippen molar-refractivity contribution in [1.29, 1.82) is 0 Å². The molecule has 4 N–H and O–H groups in total. The molecule has 446 valence electrons. The largest absolute Gasteiger partial charge is 0.494 e. The van der Waals surface area contributed by atoms with Crippen LogP contribution in [-0.4, -0.2) is 168 Å². The molecule has 2 aromatic carbocycles. The molecule has 82 heavy (non-hydrogen) atoms. The number of aromatic nitrogens is 6. The molecule has 0 spiro atoms. The number of aliphatic hydroxyl groups excluding tert-OH is 2. The molecule has 18 heteroatoms. The molecule has 4 aromatic heterocycles. The first-order valence-corrected chi connectivity index (χ1v) is 31.8. The van der Waals surface area contributed by atoms with Gasteiger partial charge in [-0.1, -0.05) is 69.2 Å². The van der Waals surface area contributed by atoms with Crippen LogP contribution in [0.5, 0.6) is 0 Å². The molecule has 2 saturated carbocycles. The Morgan fingerprint density at radius 2 is 1.07 bits per heavy atom. The zero-order chi connectivity index (χ0) is 58.1. The molecule has 2 aliphatic carbocycles. The minimum absolute atomic E-state index is 0.140. The van der Waals surface area contributed by atoms with Crippen molar-refractivity contribution < 1.29 is 19.5 Å². The van der Waals surface area contributed by atoms with Gasteiger partial charge in [-0.3, -0.25) is 9.80 Å². The molecular weight excluding hydrogens is 1090 g/mol. The highest BCUT2D eigenvalue weighted by molar-refractivity contribution is 9.10. The van der Waals surface area contributed by atoms with Crippen molar-refractivity contribution in [2.24, 2.45) is 0 Å². The lowest BCUT2D eigenvalue weighted by Crippen LogP contribution is -2.44. The summed E-state index contributed by atoms with van der Waals surface area (Å²) in [7, 11) is 4.12. The Balaban J connectivity index is 0.000000155. The summed E-state index contributed by atoms with van der Waals surface area (Å²) < 4.78 is 18.0. The van der Waals surface area contributed by atoms with Gasteiger partial charge in [-0.15, -0.1) is 0 Å². The zero-order valence-electron chi connectivity index (χ0n) is 51.1. The number of hydrogen-bond donors (Lipinski definition) is 4. The highest BCUT2D eigenvalue weighted by Gasteiger charge is 2.51. The fourth-order valence-electron chi connectivity index (χ4n) is 12.3. The van der Waals surface area contributed by atoms with Crippen LogP contribution in [0.3, 0.4) is 0 Å². The van der Waals surface area contributed by atoms with Crippen molar-refractivity contribution in [1.82, 2.24) is 48.7 Å². The van der Waals surface area contributed by atoms with E-state index >= 15 is 0 Å². The summed E-state index contributed by atoms with van der Waals surface area (Å²) >= 11 is 3.63. The number of halogens is 1. The molecule has 2 atom stereocenters. The lowest BCUT2D eigenvalue weighted by atomic mass is 9.78. The number of hydrogen-bond acceptors (Lipinski definition) is 14. The summed E-state index contributed by atoms with van der Waals surface area (Å²) in [6.45, 7) is 28.2. The second-order valence-corrected chi connectivity index (χ2v) is 26.3. The van der Waals surface area contributed by atoms with E-state index in [2.05, 4.69) is 191 Å². The minimum Gasteiger partial charge on any atom is -0.399 e. The molecule has 0 unspecified atom stereocenters. The molecule has 16 nitrogen and oxygen atoms in total. The SMILES string of the molecule is CCC[C@H](C)Nc1ncc2c(-c3cccc(CN4CCN(C)CC4)c3)cn(C3CCC(O)CC3)c2n1.CCC[C@H](C)Nc1ncc2c(Br)cn(C3CCC(O)CC3)c2n1.CN1CCN(Cc2cccc(B3OC(C)(C)C(C)(C)O3)c2)CC1. The highest BCUT2D eigenvalue weighted by Crippen LogP contribution is 2.39. The van der Waals surface area contributed by atoms with Gasteiger partial charge < -0.3 is 49.1 Å². The number of piperazine rings is 2. The molecule has 3 aliphatic heterocycles. The average Bonchev–Trinajstić information content (AvgIpc) is 3.55. The van der Waals surface area contributed by atoms with Crippen molar-refractivity contribution in [3.63, 3.8) is 0 Å². The maximum absolute atomic E-state index is 10.1. The second kappa shape index (κ2) is 28.1. The minimum atomic E-state index is -0.287. The maximum Gasteiger partial charge on any atom is 0.494 e. The summed E-state index contributed by atoms with van der Waals surface area (Å²) in [5, 5.41) is 28.9. The van der Waals surface area contributed by atoms with Crippen molar-refractivity contribution in [3.8, 4) is 11.1 Å². The van der Waals surface area contributed by atoms with E-state index in [1.807, 2.05) is 12.4 Å². The van der Waals surface area contributed by atoms with E-state index in [4.69, 9.17) is 24.3 Å². The lowest BCUT2D eigenvalue weighted by molar-refractivity contribution is 0.00578. The van der Waals surface area contributed by atoms with Crippen LogP contribution in [0.4, 0.5) is 11.9 Å². The quantitative estimate of drug-likeness (QED) is 0.0679. The number of fused-ring (bicyclic) bond motifs is 2. The third-order valence-corrected chi connectivity index (χ3v) is 18.8. The van der Waals surface area contributed by atoms with Gasteiger partial charge >= 0.3 is 7.12 Å². The van der Waals surface area contributed by atoms with Crippen LogP contribution >= 0.6 is 15.9 Å². The van der Waals surface area contributed by atoms with E-state index in [1.54, 1.807) is 0 Å². The molecule has 5 fully saturated rings. The van der Waals surface area contributed by atoms with E-state index in [0.29, 0.717) is 36.1 Å². The van der Waals surface area contributed by atoms with E-state index in [0.717, 1.165) is 174 Å². The van der Waals surface area contributed by atoms with Crippen LogP contribution in [-0.2, 0) is 22.4 Å². The zero-order valence-corrected chi connectivity index (χ0v) is 52.7. The van der Waals surface area contributed by atoms with Gasteiger partial charge in [0.1, 0.15) is 11.3 Å². The topological polar surface area (TPSA) is 157 Å². The molecule has 6 aromatic rings. The van der Waals surface area contributed by atoms with Crippen molar-refractivity contribution in [2.45, 2.75) is 193 Å². The van der Waals surface area contributed by atoms with Gasteiger partial charge in [0, 0.05) is 130 Å². The van der Waals surface area contributed by atoms with Crippen molar-refractivity contribution >= 4 is 62.5 Å². The van der Waals surface area contributed by atoms with E-state index in [1.165, 1.54) is 22.3 Å². The van der Waals surface area contributed by atoms with Crippen LogP contribution in [0, 0.1) is 0 Å². The normalized spacial score (nSPS) is 23.5. The van der Waals surface area contributed by atoms with Gasteiger partial charge in [-0.2, -0.15) is 9.97 Å². The third-order valence-electron chi connectivity index (χ3n) is 18.1. The number of likely N-dealkylation sites (N-methyl/N-ethyl adjacent to an activating group) is 2. The standard InChI is InChI=1S/C29H42N6O.C18H29BN2O2.C17H25BrN4O/c1-4-6-21(2)31-29-30-18-26-27(20-35(28(26)32-29)24-9-11-25(36)12-10-24)23-8-5-7-22(17-23)19-34-15-13-33(3)14-16-34;1-17(2)18(3,4)23-19(22-17)16-8-6-7-15(13-16)14-21-11-9-20(5)10-12-21;1-3-4-11(2)20-17-19-9-14-15(18)10-22(16(14)21-17)12-5-7-13(23)8-6-12/h5,7-8,17-18,20-21,24-25,36H,4,6,9-16,19H2,1-3H3,(H,30,31,32);6-8,13H,9-12,14H2,1-5H3;9-13,23H,3-8H2,1-2H3,(H,19,20,21)/t21-,24?,25?;;11-,12?,13?/m0.0/s1. The molecule has 11 rings (SSSR count). The number of benzene rings is 2. The van der Waals surface area contributed by atoms with Crippen LogP contribution < -0.4 is 16.1 Å². The Kier molecular flexibility index (Phi) is 21.3. The molecule has 3 saturated heterocycles. The maximum atomic E-state index is 10.1. The number of anilines is 2. The first kappa shape index (κ1) is 62.0.